The zero-order valence-electron chi connectivity index (χ0n) is 14.6. The second-order valence-electron chi connectivity index (χ2n) is 5.79. The highest BCUT2D eigenvalue weighted by Crippen LogP contribution is 2.14. The first-order chi connectivity index (χ1) is 12.5. The second kappa shape index (κ2) is 8.09. The van der Waals surface area contributed by atoms with Crippen molar-refractivity contribution >= 4 is 22.3 Å². The van der Waals surface area contributed by atoms with Crippen molar-refractivity contribution in [3.05, 3.63) is 57.0 Å². The number of carbonyl (C=O) groups is 1. The van der Waals surface area contributed by atoms with Crippen molar-refractivity contribution < 1.29 is 14.3 Å². The van der Waals surface area contributed by atoms with Crippen molar-refractivity contribution in [2.45, 2.75) is 33.3 Å². The lowest BCUT2D eigenvalue weighted by atomic mass is 10.2. The molecule has 1 aromatic carbocycles. The topological polar surface area (TPSA) is 82.8 Å². The molecule has 2 aromatic heterocycles. The maximum absolute atomic E-state index is 12.1. The maximum Gasteiger partial charge on any atom is 0.344 e. The van der Waals surface area contributed by atoms with Crippen LogP contribution in [0.1, 0.15) is 29.6 Å². The van der Waals surface area contributed by atoms with Crippen LogP contribution in [0.2, 0.25) is 0 Å². The highest BCUT2D eigenvalue weighted by molar-refractivity contribution is 7.16. The molecule has 3 rings (SSSR count). The van der Waals surface area contributed by atoms with E-state index >= 15 is 0 Å². The van der Waals surface area contributed by atoms with Gasteiger partial charge in [-0.1, -0.05) is 36.0 Å². The fourth-order valence-electron chi connectivity index (χ4n) is 2.26. The Morgan fingerprint density at radius 1 is 1.27 bits per heavy atom. The van der Waals surface area contributed by atoms with Crippen molar-refractivity contribution in [3.8, 4) is 5.75 Å². The molecule has 0 atom stereocenters. The molecular weight excluding hydrogens is 354 g/mol. The van der Waals surface area contributed by atoms with Crippen LogP contribution in [0, 0.1) is 6.92 Å². The Labute approximate surface area is 154 Å². The average molecular weight is 373 g/mol. The van der Waals surface area contributed by atoms with E-state index in [1.165, 1.54) is 21.9 Å². The lowest BCUT2D eigenvalue weighted by molar-refractivity contribution is -0.147. The van der Waals surface area contributed by atoms with Gasteiger partial charge >= 0.3 is 5.97 Å². The smallest absolute Gasteiger partial charge is 0.344 e. The van der Waals surface area contributed by atoms with Gasteiger partial charge in [-0.05, 0) is 25.5 Å². The summed E-state index contributed by atoms with van der Waals surface area (Å²) in [7, 11) is 0. The van der Waals surface area contributed by atoms with Gasteiger partial charge in [-0.15, -0.1) is 0 Å². The van der Waals surface area contributed by atoms with E-state index in [1.54, 1.807) is 12.1 Å². The van der Waals surface area contributed by atoms with E-state index in [-0.39, 0.29) is 18.8 Å². The number of esters is 1. The van der Waals surface area contributed by atoms with Crippen molar-refractivity contribution in [3.63, 3.8) is 0 Å². The molecule has 0 amide bonds. The van der Waals surface area contributed by atoms with Gasteiger partial charge in [0.2, 0.25) is 4.96 Å². The van der Waals surface area contributed by atoms with Crippen LogP contribution < -0.4 is 10.3 Å². The monoisotopic (exact) mass is 373 g/mol. The summed E-state index contributed by atoms with van der Waals surface area (Å²) in [6.07, 6.45) is 1.74. The zero-order chi connectivity index (χ0) is 18.5. The predicted octanol–water partition coefficient (Wildman–Crippen LogP) is 2.53. The van der Waals surface area contributed by atoms with E-state index in [4.69, 9.17) is 9.47 Å². The standard InChI is InChI=1S/C18H19N3O4S/c1-3-4-15-20-21-16(22)9-13(19-18(21)26-15)10-25-17(23)11-24-14-7-5-12(2)6-8-14/h5-9H,3-4,10-11H2,1-2H3. The van der Waals surface area contributed by atoms with Crippen molar-refractivity contribution in [2.75, 3.05) is 6.61 Å². The summed E-state index contributed by atoms with van der Waals surface area (Å²) in [6.45, 7) is 3.74. The van der Waals surface area contributed by atoms with E-state index in [1.807, 2.05) is 26.0 Å². The Bertz CT molecular complexity index is 963. The third kappa shape index (κ3) is 4.45. The highest BCUT2D eigenvalue weighted by atomic mass is 32.1. The fourth-order valence-corrected chi connectivity index (χ4v) is 3.28. The summed E-state index contributed by atoms with van der Waals surface area (Å²) in [5.74, 6) is 0.0713. The Hall–Kier alpha value is -2.74. The Balaban J connectivity index is 1.59. The summed E-state index contributed by atoms with van der Waals surface area (Å²) in [5.41, 5.74) is 1.22. The maximum atomic E-state index is 12.1. The minimum atomic E-state index is -0.524. The van der Waals surface area contributed by atoms with Gasteiger partial charge in [-0.3, -0.25) is 4.79 Å². The average Bonchev–Trinajstić information content (AvgIpc) is 3.03. The molecule has 0 aliphatic carbocycles. The van der Waals surface area contributed by atoms with Crippen molar-refractivity contribution in [1.29, 1.82) is 0 Å². The number of aromatic nitrogens is 3. The van der Waals surface area contributed by atoms with Gasteiger partial charge in [0.15, 0.2) is 6.61 Å². The van der Waals surface area contributed by atoms with Gasteiger partial charge < -0.3 is 9.47 Å². The van der Waals surface area contributed by atoms with Crippen LogP contribution >= 0.6 is 11.3 Å². The molecule has 0 saturated carbocycles. The Morgan fingerprint density at radius 3 is 2.77 bits per heavy atom. The number of carbonyl (C=O) groups excluding carboxylic acids is 1. The van der Waals surface area contributed by atoms with Crippen LogP contribution in [0.3, 0.4) is 0 Å². The normalized spacial score (nSPS) is 10.8. The van der Waals surface area contributed by atoms with E-state index in [9.17, 15) is 9.59 Å². The van der Waals surface area contributed by atoms with Gasteiger partial charge in [-0.25, -0.2) is 9.78 Å². The van der Waals surface area contributed by atoms with Gasteiger partial charge in [0.25, 0.3) is 5.56 Å². The minimum absolute atomic E-state index is 0.0805. The SMILES string of the molecule is CCCc1nn2c(=O)cc(COC(=O)COc3ccc(C)cc3)nc2s1. The van der Waals surface area contributed by atoms with Gasteiger partial charge in [0, 0.05) is 12.5 Å². The van der Waals surface area contributed by atoms with E-state index < -0.39 is 5.97 Å². The summed E-state index contributed by atoms with van der Waals surface area (Å²) in [6, 6.07) is 8.70. The van der Waals surface area contributed by atoms with Gasteiger partial charge in [0.1, 0.15) is 17.4 Å². The lowest BCUT2D eigenvalue weighted by Crippen LogP contribution is -2.18. The molecule has 0 bridgehead atoms. The number of fused-ring (bicyclic) bond motifs is 1. The molecule has 7 nitrogen and oxygen atoms in total. The molecule has 0 saturated heterocycles. The van der Waals surface area contributed by atoms with E-state index in [2.05, 4.69) is 10.1 Å². The number of rotatable bonds is 7. The number of aryl methyl sites for hydroxylation is 2. The molecular formula is C18H19N3O4S. The first kappa shape index (κ1) is 18.1. The largest absolute Gasteiger partial charge is 0.482 e. The molecule has 0 fully saturated rings. The highest BCUT2D eigenvalue weighted by Gasteiger charge is 2.11. The summed E-state index contributed by atoms with van der Waals surface area (Å²) in [4.78, 5) is 28.8. The number of ether oxygens (including phenoxy) is 2. The first-order valence-electron chi connectivity index (χ1n) is 8.29. The van der Waals surface area contributed by atoms with Crippen LogP contribution in [-0.2, 0) is 22.6 Å². The quantitative estimate of drug-likeness (QED) is 0.592. The number of hydrogen-bond donors (Lipinski definition) is 0. The Kier molecular flexibility index (Phi) is 5.62. The van der Waals surface area contributed by atoms with Crippen LogP contribution in [0.15, 0.2) is 35.1 Å². The molecule has 0 spiro atoms. The van der Waals surface area contributed by atoms with Crippen LogP contribution in [0.25, 0.3) is 4.96 Å². The fraction of sp³-hybridized carbons (Fsp3) is 0.333. The van der Waals surface area contributed by atoms with Crippen LogP contribution in [0.5, 0.6) is 5.75 Å². The molecule has 3 aromatic rings. The van der Waals surface area contributed by atoms with Crippen LogP contribution in [0.4, 0.5) is 0 Å². The van der Waals surface area contributed by atoms with Crippen LogP contribution in [-0.4, -0.2) is 27.2 Å². The minimum Gasteiger partial charge on any atom is -0.482 e. The summed E-state index contributed by atoms with van der Waals surface area (Å²) in [5, 5.41) is 5.10. The van der Waals surface area contributed by atoms with Crippen molar-refractivity contribution in [2.24, 2.45) is 0 Å². The summed E-state index contributed by atoms with van der Waals surface area (Å²) >= 11 is 1.37. The molecule has 2 heterocycles. The zero-order valence-corrected chi connectivity index (χ0v) is 15.4. The van der Waals surface area contributed by atoms with Gasteiger partial charge in [-0.2, -0.15) is 9.61 Å². The number of nitrogens with zero attached hydrogens (tertiary/aromatic N) is 3. The molecule has 136 valence electrons. The predicted molar refractivity (Wildman–Crippen MR) is 97.6 cm³/mol. The molecule has 0 aliphatic heterocycles. The Morgan fingerprint density at radius 2 is 2.04 bits per heavy atom. The number of hydrogen-bond acceptors (Lipinski definition) is 7. The molecule has 0 aliphatic rings. The van der Waals surface area contributed by atoms with E-state index in [0.29, 0.717) is 16.4 Å². The van der Waals surface area contributed by atoms with Crippen molar-refractivity contribution in [1.82, 2.24) is 14.6 Å². The molecule has 26 heavy (non-hydrogen) atoms. The molecule has 0 N–H and O–H groups in total. The number of benzene rings is 1. The molecule has 8 heteroatoms. The molecule has 0 radical (unpaired) electrons. The lowest BCUT2D eigenvalue weighted by Gasteiger charge is -2.07. The third-order valence-electron chi connectivity index (χ3n) is 3.56. The third-order valence-corrected chi connectivity index (χ3v) is 4.53. The van der Waals surface area contributed by atoms with Gasteiger partial charge in [0.05, 0.1) is 5.69 Å². The second-order valence-corrected chi connectivity index (χ2v) is 6.83. The molecule has 0 unspecified atom stereocenters. The summed E-state index contributed by atoms with van der Waals surface area (Å²) < 4.78 is 11.8. The first-order valence-corrected chi connectivity index (χ1v) is 9.10. The van der Waals surface area contributed by atoms with E-state index in [0.717, 1.165) is 23.4 Å².